The average Bonchev–Trinajstić information content (AvgIpc) is 3.60. The molecule has 0 spiro atoms. The predicted octanol–water partition coefficient (Wildman–Crippen LogP) is 5.50. The monoisotopic (exact) mass is 527 g/mol. The first-order valence-electron chi connectivity index (χ1n) is 9.98. The van der Waals surface area contributed by atoms with Crippen molar-refractivity contribution < 1.29 is 22.2 Å². The summed E-state index contributed by atoms with van der Waals surface area (Å²) in [4.78, 5) is 0. The van der Waals surface area contributed by atoms with E-state index < -0.39 is 5.60 Å². The molecular formula is C26H22BrFeN3O. The number of aromatic nitrogens is 3. The van der Waals surface area contributed by atoms with Gasteiger partial charge in [0.2, 0.25) is 0 Å². The van der Waals surface area contributed by atoms with Crippen LogP contribution in [0.2, 0.25) is 0 Å². The zero-order valence-electron chi connectivity index (χ0n) is 17.2. The first kappa shape index (κ1) is 23.9. The molecule has 0 radical (unpaired) electrons. The minimum absolute atomic E-state index is 0. The molecule has 4 nitrogen and oxygen atoms in total. The molecular weight excluding hydrogens is 506 g/mol. The molecule has 1 heterocycles. The molecule has 6 heteroatoms. The summed E-state index contributed by atoms with van der Waals surface area (Å²) in [7, 11) is 0. The number of aliphatic hydroxyl groups is 1. The molecule has 0 bridgehead atoms. The van der Waals surface area contributed by atoms with Crippen LogP contribution in [-0.4, -0.2) is 20.1 Å². The van der Waals surface area contributed by atoms with Crippen molar-refractivity contribution >= 4 is 15.9 Å². The second kappa shape index (κ2) is 11.2. The van der Waals surface area contributed by atoms with Gasteiger partial charge in [0.05, 0.1) is 12.7 Å². The van der Waals surface area contributed by atoms with Crippen molar-refractivity contribution in [3.05, 3.63) is 142 Å². The van der Waals surface area contributed by atoms with Gasteiger partial charge < -0.3 is 5.11 Å². The van der Waals surface area contributed by atoms with Gasteiger partial charge in [-0.3, -0.25) is 0 Å². The molecule has 0 aliphatic rings. The number of hydrogen-bond acceptors (Lipinski definition) is 3. The number of nitrogens with zero attached hydrogens (tertiary/aromatic N) is 3. The molecule has 5 rings (SSSR count). The van der Waals surface area contributed by atoms with Crippen molar-refractivity contribution in [1.82, 2.24) is 15.0 Å². The van der Waals surface area contributed by atoms with E-state index in [2.05, 4.69) is 26.2 Å². The van der Waals surface area contributed by atoms with Crippen molar-refractivity contribution in [3.63, 3.8) is 0 Å². The normalized spacial score (nSPS) is 12.2. The third kappa shape index (κ3) is 5.53. The van der Waals surface area contributed by atoms with Crippen LogP contribution in [0.25, 0.3) is 0 Å². The first-order chi connectivity index (χ1) is 15.2. The van der Waals surface area contributed by atoms with Crippen molar-refractivity contribution in [2.24, 2.45) is 0 Å². The Morgan fingerprint density at radius 2 is 1.59 bits per heavy atom. The van der Waals surface area contributed by atoms with Gasteiger partial charge in [-0.1, -0.05) is 63.6 Å². The third-order valence-corrected chi connectivity index (χ3v) is 5.52. The second-order valence-electron chi connectivity index (χ2n) is 7.14. The Kier molecular flexibility index (Phi) is 8.37. The maximum atomic E-state index is 11.6. The van der Waals surface area contributed by atoms with Crippen LogP contribution in [0, 0.1) is 0 Å². The van der Waals surface area contributed by atoms with Crippen LogP contribution in [0.1, 0.15) is 22.4 Å². The summed E-state index contributed by atoms with van der Waals surface area (Å²) in [6.45, 7) is 0.589. The van der Waals surface area contributed by atoms with Crippen LogP contribution < -0.4 is 0 Å². The molecule has 1 aromatic heterocycles. The molecule has 162 valence electrons. The summed E-state index contributed by atoms with van der Waals surface area (Å²) in [6, 6.07) is 35.3. The molecule has 0 fully saturated rings. The van der Waals surface area contributed by atoms with E-state index >= 15 is 0 Å². The summed E-state index contributed by atoms with van der Waals surface area (Å²) in [5, 5.41) is 20.1. The summed E-state index contributed by atoms with van der Waals surface area (Å²) < 4.78 is 2.78. The fourth-order valence-corrected chi connectivity index (χ4v) is 3.66. The maximum absolute atomic E-state index is 11.6. The number of halogens is 1. The van der Waals surface area contributed by atoms with E-state index in [1.54, 1.807) is 4.68 Å². The van der Waals surface area contributed by atoms with Crippen LogP contribution in [0.15, 0.2) is 120 Å². The molecule has 32 heavy (non-hydrogen) atoms. The average molecular weight is 528 g/mol. The van der Waals surface area contributed by atoms with E-state index in [0.29, 0.717) is 12.2 Å². The molecule has 0 aliphatic carbocycles. The van der Waals surface area contributed by atoms with Gasteiger partial charge in [-0.05, 0) is 23.3 Å². The standard InChI is InChI=1S/C21H17BrN3O.C5H5.Fe/c22-19-12-10-16(11-13-19)14-25-15-20(23-24-25)21(26,18-8-4-5-9-18)17-6-2-1-3-7-17;1-2-4-5-3-1;/h1-13,15,26H,14H2;1-5H;/q2*-1;+2. The van der Waals surface area contributed by atoms with Crippen molar-refractivity contribution in [2.75, 3.05) is 0 Å². The molecule has 1 unspecified atom stereocenters. The van der Waals surface area contributed by atoms with E-state index in [4.69, 9.17) is 0 Å². The van der Waals surface area contributed by atoms with Crippen molar-refractivity contribution in [1.29, 1.82) is 0 Å². The van der Waals surface area contributed by atoms with E-state index in [0.717, 1.165) is 21.2 Å². The summed E-state index contributed by atoms with van der Waals surface area (Å²) in [6.07, 6.45) is 1.81. The Bertz CT molecular complexity index is 1150. The van der Waals surface area contributed by atoms with Crippen molar-refractivity contribution in [2.45, 2.75) is 12.1 Å². The van der Waals surface area contributed by atoms with E-state index in [1.165, 1.54) is 0 Å². The fourth-order valence-electron chi connectivity index (χ4n) is 3.40. The van der Waals surface area contributed by atoms with Gasteiger partial charge >= 0.3 is 17.1 Å². The molecule has 0 saturated carbocycles. The number of hydrogen-bond donors (Lipinski definition) is 1. The van der Waals surface area contributed by atoms with Gasteiger partial charge in [0.1, 0.15) is 11.3 Å². The smallest absolute Gasteiger partial charge is 0.377 e. The quantitative estimate of drug-likeness (QED) is 0.243. The SMILES string of the molecule is OC(c1ccccc1)(c1ccc[cH-]1)c1cn(Cc2ccc(Br)cc2)nn1.[Fe+2].c1cc[cH-]c1. The Hall–Kier alpha value is -2.76. The zero-order valence-corrected chi connectivity index (χ0v) is 19.9. The predicted molar refractivity (Wildman–Crippen MR) is 126 cm³/mol. The minimum atomic E-state index is -1.33. The van der Waals surface area contributed by atoms with Crippen molar-refractivity contribution in [3.8, 4) is 0 Å². The second-order valence-corrected chi connectivity index (χ2v) is 8.06. The van der Waals surface area contributed by atoms with E-state index in [1.807, 2.05) is 115 Å². The summed E-state index contributed by atoms with van der Waals surface area (Å²) in [5.41, 5.74) is 1.83. The van der Waals surface area contributed by atoms with Gasteiger partial charge in [0.25, 0.3) is 0 Å². The van der Waals surface area contributed by atoms with E-state index in [-0.39, 0.29) is 17.1 Å². The van der Waals surface area contributed by atoms with Crippen LogP contribution in [0.3, 0.4) is 0 Å². The molecule has 0 saturated heterocycles. The molecule has 0 amide bonds. The van der Waals surface area contributed by atoms with Crippen LogP contribution >= 0.6 is 15.9 Å². The van der Waals surface area contributed by atoms with Gasteiger partial charge in [-0.2, -0.15) is 30.3 Å². The first-order valence-corrected chi connectivity index (χ1v) is 10.8. The van der Waals surface area contributed by atoms with Crippen LogP contribution in [0.4, 0.5) is 0 Å². The number of benzene rings is 2. The number of rotatable bonds is 5. The van der Waals surface area contributed by atoms with Gasteiger partial charge in [0.15, 0.2) is 0 Å². The Balaban J connectivity index is 0.000000427. The summed E-state index contributed by atoms with van der Waals surface area (Å²) >= 11 is 3.44. The zero-order chi connectivity index (χ0) is 21.5. The Labute approximate surface area is 206 Å². The van der Waals surface area contributed by atoms with Crippen LogP contribution in [0.5, 0.6) is 0 Å². The fraction of sp³-hybridized carbons (Fsp3) is 0.0769. The van der Waals surface area contributed by atoms with Crippen LogP contribution in [-0.2, 0) is 29.2 Å². The Morgan fingerprint density at radius 1 is 0.875 bits per heavy atom. The van der Waals surface area contributed by atoms with Gasteiger partial charge in [-0.15, -0.1) is 10.7 Å². The van der Waals surface area contributed by atoms with Gasteiger partial charge in [-0.25, -0.2) is 28.9 Å². The molecule has 1 atom stereocenters. The topological polar surface area (TPSA) is 50.9 Å². The molecule has 5 aromatic rings. The molecule has 0 aliphatic heterocycles. The molecule has 1 N–H and O–H groups in total. The van der Waals surface area contributed by atoms with Gasteiger partial charge in [0, 0.05) is 4.47 Å². The summed E-state index contributed by atoms with van der Waals surface area (Å²) in [5.74, 6) is 0. The largest absolute Gasteiger partial charge is 2.00 e. The maximum Gasteiger partial charge on any atom is 2.00 e. The van der Waals surface area contributed by atoms with E-state index in [9.17, 15) is 5.11 Å². The Morgan fingerprint density at radius 3 is 2.19 bits per heavy atom. The molecule has 4 aromatic carbocycles. The third-order valence-electron chi connectivity index (χ3n) is 4.99. The minimum Gasteiger partial charge on any atom is -0.377 e.